The van der Waals surface area contributed by atoms with Gasteiger partial charge in [0.1, 0.15) is 5.75 Å². The molecule has 0 saturated carbocycles. The molecule has 0 aromatic heterocycles. The zero-order valence-electron chi connectivity index (χ0n) is 17.4. The van der Waals surface area contributed by atoms with Crippen molar-refractivity contribution in [1.82, 2.24) is 9.80 Å². The van der Waals surface area contributed by atoms with Crippen molar-refractivity contribution in [3.05, 3.63) is 53.6 Å². The topological polar surface area (TPSA) is 65.4 Å². The van der Waals surface area contributed by atoms with Crippen molar-refractivity contribution in [2.75, 3.05) is 40.0 Å². The van der Waals surface area contributed by atoms with Crippen LogP contribution < -0.4 is 9.47 Å². The number of rotatable bonds is 9. The average Bonchev–Trinajstić information content (AvgIpc) is 2.72. The van der Waals surface area contributed by atoms with E-state index in [1.54, 1.807) is 19.2 Å². The highest BCUT2D eigenvalue weighted by Gasteiger charge is 2.27. The van der Waals surface area contributed by atoms with Crippen LogP contribution in [0.1, 0.15) is 24.5 Å². The molecular weight excluding hydrogens is 368 g/mol. The molecule has 1 atom stereocenters. The van der Waals surface area contributed by atoms with E-state index in [2.05, 4.69) is 15.9 Å². The number of hydrogen-bond acceptors (Lipinski definition) is 6. The lowest BCUT2D eigenvalue weighted by atomic mass is 10.1. The lowest BCUT2D eigenvalue weighted by Crippen LogP contribution is -2.52. The predicted octanol–water partition coefficient (Wildman–Crippen LogP) is 2.87. The molecule has 0 bridgehead atoms. The molecule has 1 unspecified atom stereocenters. The number of benzene rings is 2. The molecular formula is C23H32N2O4. The Morgan fingerprint density at radius 2 is 1.90 bits per heavy atom. The molecule has 0 aliphatic carbocycles. The van der Waals surface area contributed by atoms with Crippen LogP contribution in [0, 0.1) is 0 Å². The third-order valence-electron chi connectivity index (χ3n) is 5.45. The Morgan fingerprint density at radius 3 is 2.62 bits per heavy atom. The number of aromatic hydroxyl groups is 1. The number of hydrogen-bond donors (Lipinski definition) is 2. The lowest BCUT2D eigenvalue weighted by molar-refractivity contribution is 0.0494. The first-order valence-corrected chi connectivity index (χ1v) is 10.3. The van der Waals surface area contributed by atoms with E-state index in [1.165, 1.54) is 5.56 Å². The quantitative estimate of drug-likeness (QED) is 0.675. The minimum absolute atomic E-state index is 0.170. The smallest absolute Gasteiger partial charge is 0.160 e. The average molecular weight is 401 g/mol. The summed E-state index contributed by atoms with van der Waals surface area (Å²) in [5.41, 5.74) is 2.24. The van der Waals surface area contributed by atoms with Gasteiger partial charge in [0.15, 0.2) is 11.5 Å². The Balaban J connectivity index is 1.66. The summed E-state index contributed by atoms with van der Waals surface area (Å²) in [5.74, 6) is 1.60. The van der Waals surface area contributed by atoms with Crippen LogP contribution in [0.2, 0.25) is 0 Å². The number of piperazine rings is 1. The Labute approximate surface area is 173 Å². The SMILES string of the molecule is CCOc1ccccc1CN1CCN(Cc2ccc(OC)c(O)c2)CC1CCO. The molecule has 1 heterocycles. The largest absolute Gasteiger partial charge is 0.504 e. The molecule has 0 radical (unpaired) electrons. The number of phenolic OH excluding ortho intramolecular Hbond substituents is 1. The first-order chi connectivity index (χ1) is 14.1. The number of methoxy groups -OCH3 is 1. The number of ether oxygens (including phenoxy) is 2. The molecule has 0 amide bonds. The van der Waals surface area contributed by atoms with Gasteiger partial charge in [0.05, 0.1) is 13.7 Å². The lowest BCUT2D eigenvalue weighted by Gasteiger charge is -2.41. The summed E-state index contributed by atoms with van der Waals surface area (Å²) in [7, 11) is 1.55. The molecule has 6 nitrogen and oxygen atoms in total. The third-order valence-corrected chi connectivity index (χ3v) is 5.45. The first-order valence-electron chi connectivity index (χ1n) is 10.3. The fourth-order valence-corrected chi connectivity index (χ4v) is 3.97. The van der Waals surface area contributed by atoms with Crippen LogP contribution in [-0.4, -0.2) is 66.0 Å². The van der Waals surface area contributed by atoms with Gasteiger partial charge in [-0.3, -0.25) is 9.80 Å². The fourth-order valence-electron chi connectivity index (χ4n) is 3.97. The van der Waals surface area contributed by atoms with Gasteiger partial charge in [-0.05, 0) is 37.1 Å². The Hall–Kier alpha value is -2.28. The van der Waals surface area contributed by atoms with Crippen LogP contribution >= 0.6 is 0 Å². The summed E-state index contributed by atoms with van der Waals surface area (Å²) in [5, 5.41) is 19.6. The monoisotopic (exact) mass is 400 g/mol. The van der Waals surface area contributed by atoms with Crippen molar-refractivity contribution in [2.45, 2.75) is 32.5 Å². The second-order valence-electron chi connectivity index (χ2n) is 7.42. The van der Waals surface area contributed by atoms with E-state index in [4.69, 9.17) is 9.47 Å². The summed E-state index contributed by atoms with van der Waals surface area (Å²) >= 11 is 0. The first kappa shape index (κ1) is 21.4. The van der Waals surface area contributed by atoms with Gasteiger partial charge in [-0.15, -0.1) is 0 Å². The summed E-state index contributed by atoms with van der Waals surface area (Å²) in [6.45, 7) is 7.15. The Bertz CT molecular complexity index is 783. The second-order valence-corrected chi connectivity index (χ2v) is 7.42. The highest BCUT2D eigenvalue weighted by atomic mass is 16.5. The molecule has 1 saturated heterocycles. The normalized spacial score (nSPS) is 18.0. The predicted molar refractivity (Wildman–Crippen MR) is 113 cm³/mol. The van der Waals surface area contributed by atoms with E-state index in [1.807, 2.05) is 31.2 Å². The van der Waals surface area contributed by atoms with Crippen LogP contribution in [0.5, 0.6) is 17.2 Å². The minimum atomic E-state index is 0.170. The van der Waals surface area contributed by atoms with Gasteiger partial charge in [0.2, 0.25) is 0 Å². The number of para-hydroxylation sites is 1. The zero-order valence-corrected chi connectivity index (χ0v) is 17.4. The van der Waals surface area contributed by atoms with Crippen LogP contribution in [0.4, 0.5) is 0 Å². The standard InChI is InChI=1S/C23H32N2O4/c1-3-29-22-7-5-4-6-19(22)16-25-12-11-24(17-20(25)10-13-26)15-18-8-9-23(28-2)21(27)14-18/h4-9,14,20,26-27H,3,10-13,15-17H2,1-2H3. The van der Waals surface area contributed by atoms with Crippen molar-refractivity contribution >= 4 is 0 Å². The maximum absolute atomic E-state index is 10.0. The molecule has 1 fully saturated rings. The zero-order chi connectivity index (χ0) is 20.6. The molecule has 0 spiro atoms. The van der Waals surface area contributed by atoms with E-state index in [0.29, 0.717) is 12.4 Å². The molecule has 1 aliphatic rings. The summed E-state index contributed by atoms with van der Waals surface area (Å²) < 4.78 is 10.9. The molecule has 2 N–H and O–H groups in total. The van der Waals surface area contributed by atoms with Crippen molar-refractivity contribution in [2.24, 2.45) is 0 Å². The minimum Gasteiger partial charge on any atom is -0.504 e. The van der Waals surface area contributed by atoms with Crippen LogP contribution in [0.25, 0.3) is 0 Å². The van der Waals surface area contributed by atoms with Crippen molar-refractivity contribution in [3.8, 4) is 17.2 Å². The molecule has 6 heteroatoms. The Kier molecular flexibility index (Phi) is 7.75. The van der Waals surface area contributed by atoms with Gasteiger partial charge in [-0.2, -0.15) is 0 Å². The second kappa shape index (κ2) is 10.5. The Morgan fingerprint density at radius 1 is 1.07 bits per heavy atom. The third kappa shape index (κ3) is 5.63. The van der Waals surface area contributed by atoms with E-state index >= 15 is 0 Å². The van der Waals surface area contributed by atoms with E-state index < -0.39 is 0 Å². The summed E-state index contributed by atoms with van der Waals surface area (Å²) in [6, 6.07) is 14.0. The fraction of sp³-hybridized carbons (Fsp3) is 0.478. The maximum Gasteiger partial charge on any atom is 0.160 e. The van der Waals surface area contributed by atoms with Crippen molar-refractivity contribution in [3.63, 3.8) is 0 Å². The van der Waals surface area contributed by atoms with Crippen molar-refractivity contribution in [1.29, 1.82) is 0 Å². The number of aliphatic hydroxyl groups is 1. The molecule has 1 aliphatic heterocycles. The van der Waals surface area contributed by atoms with Gasteiger partial charge in [0.25, 0.3) is 0 Å². The molecule has 2 aromatic carbocycles. The van der Waals surface area contributed by atoms with E-state index in [-0.39, 0.29) is 18.4 Å². The maximum atomic E-state index is 10.0. The van der Waals surface area contributed by atoms with Gasteiger partial charge < -0.3 is 19.7 Å². The molecule has 3 rings (SSSR count). The number of phenols is 1. The molecule has 158 valence electrons. The summed E-state index contributed by atoms with van der Waals surface area (Å²) in [6.07, 6.45) is 0.737. The molecule has 29 heavy (non-hydrogen) atoms. The number of aliphatic hydroxyl groups excluding tert-OH is 1. The van der Waals surface area contributed by atoms with Crippen LogP contribution in [0.15, 0.2) is 42.5 Å². The van der Waals surface area contributed by atoms with Gasteiger partial charge in [-0.1, -0.05) is 24.3 Å². The molecule has 2 aromatic rings. The van der Waals surface area contributed by atoms with Crippen LogP contribution in [-0.2, 0) is 13.1 Å². The van der Waals surface area contributed by atoms with Gasteiger partial charge in [-0.25, -0.2) is 0 Å². The highest BCUT2D eigenvalue weighted by molar-refractivity contribution is 5.41. The van der Waals surface area contributed by atoms with E-state index in [9.17, 15) is 10.2 Å². The number of nitrogens with zero attached hydrogens (tertiary/aromatic N) is 2. The van der Waals surface area contributed by atoms with Gasteiger partial charge in [0, 0.05) is 50.9 Å². The van der Waals surface area contributed by atoms with Crippen molar-refractivity contribution < 1.29 is 19.7 Å². The van der Waals surface area contributed by atoms with E-state index in [0.717, 1.165) is 50.5 Å². The van der Waals surface area contributed by atoms with Crippen LogP contribution in [0.3, 0.4) is 0 Å². The summed E-state index contributed by atoms with van der Waals surface area (Å²) in [4.78, 5) is 4.82. The van der Waals surface area contributed by atoms with Gasteiger partial charge >= 0.3 is 0 Å². The highest BCUT2D eigenvalue weighted by Crippen LogP contribution is 2.28.